The summed E-state index contributed by atoms with van der Waals surface area (Å²) in [5, 5.41) is 6.53. The van der Waals surface area contributed by atoms with Gasteiger partial charge in [0.1, 0.15) is 0 Å². The van der Waals surface area contributed by atoms with Gasteiger partial charge in [-0.3, -0.25) is 4.99 Å². The molecule has 0 heterocycles. The van der Waals surface area contributed by atoms with Crippen molar-refractivity contribution in [3.63, 3.8) is 0 Å². The van der Waals surface area contributed by atoms with E-state index in [-0.39, 0.29) is 0 Å². The first kappa shape index (κ1) is 17.0. The number of hydrogen-bond acceptors (Lipinski definition) is 2. The lowest BCUT2D eigenvalue weighted by molar-refractivity contribution is 0.203. The minimum Gasteiger partial charge on any atom is -0.383 e. The summed E-state index contributed by atoms with van der Waals surface area (Å²) in [7, 11) is 3.46. The molecule has 0 atom stereocenters. The summed E-state index contributed by atoms with van der Waals surface area (Å²) in [6.45, 7) is 4.24. The SMILES string of the molecule is CN=C(NCCOC)NCc1cccc(-c2cccc(C)c2)c1. The van der Waals surface area contributed by atoms with Crippen LogP contribution in [0.15, 0.2) is 53.5 Å². The van der Waals surface area contributed by atoms with Crippen molar-refractivity contribution in [3.05, 3.63) is 59.7 Å². The Kier molecular flexibility index (Phi) is 6.63. The number of rotatable bonds is 6. The third-order valence-corrected chi connectivity index (χ3v) is 3.56. The molecular formula is C19H25N3O. The van der Waals surface area contributed by atoms with E-state index in [1.54, 1.807) is 14.2 Å². The van der Waals surface area contributed by atoms with Crippen LogP contribution in [0.25, 0.3) is 11.1 Å². The molecular weight excluding hydrogens is 286 g/mol. The Morgan fingerprint density at radius 3 is 2.48 bits per heavy atom. The van der Waals surface area contributed by atoms with Crippen molar-refractivity contribution in [3.8, 4) is 11.1 Å². The number of aryl methyl sites for hydroxylation is 1. The largest absolute Gasteiger partial charge is 0.383 e. The van der Waals surface area contributed by atoms with Crippen molar-refractivity contribution >= 4 is 5.96 Å². The van der Waals surface area contributed by atoms with Gasteiger partial charge in [0.15, 0.2) is 5.96 Å². The van der Waals surface area contributed by atoms with E-state index >= 15 is 0 Å². The molecule has 0 spiro atoms. The number of ether oxygens (including phenoxy) is 1. The van der Waals surface area contributed by atoms with Crippen molar-refractivity contribution < 1.29 is 4.74 Å². The van der Waals surface area contributed by atoms with Gasteiger partial charge in [0.2, 0.25) is 0 Å². The average Bonchev–Trinajstić information content (AvgIpc) is 2.58. The van der Waals surface area contributed by atoms with Gasteiger partial charge in [-0.2, -0.15) is 0 Å². The Morgan fingerprint density at radius 2 is 1.78 bits per heavy atom. The summed E-state index contributed by atoms with van der Waals surface area (Å²) in [5.74, 6) is 0.781. The van der Waals surface area contributed by atoms with E-state index < -0.39 is 0 Å². The van der Waals surface area contributed by atoms with Crippen molar-refractivity contribution in [1.29, 1.82) is 0 Å². The molecule has 0 saturated carbocycles. The number of aliphatic imine (C=N–C) groups is 1. The molecule has 0 aliphatic heterocycles. The molecule has 0 fully saturated rings. The molecule has 0 aromatic heterocycles. The quantitative estimate of drug-likeness (QED) is 0.490. The zero-order chi connectivity index (χ0) is 16.5. The topological polar surface area (TPSA) is 45.7 Å². The van der Waals surface area contributed by atoms with Crippen molar-refractivity contribution in [1.82, 2.24) is 10.6 Å². The Balaban J connectivity index is 2.00. The van der Waals surface area contributed by atoms with Crippen LogP contribution < -0.4 is 10.6 Å². The Bertz CT molecular complexity index is 653. The van der Waals surface area contributed by atoms with Crippen molar-refractivity contribution in [2.45, 2.75) is 13.5 Å². The zero-order valence-electron chi connectivity index (χ0n) is 14.1. The average molecular weight is 311 g/mol. The number of benzene rings is 2. The van der Waals surface area contributed by atoms with Gasteiger partial charge in [0.25, 0.3) is 0 Å². The van der Waals surface area contributed by atoms with E-state index in [0.29, 0.717) is 6.61 Å². The van der Waals surface area contributed by atoms with Crippen LogP contribution >= 0.6 is 0 Å². The van der Waals surface area contributed by atoms with Crippen molar-refractivity contribution in [2.75, 3.05) is 27.3 Å². The molecule has 2 aromatic carbocycles. The highest BCUT2D eigenvalue weighted by molar-refractivity contribution is 5.79. The number of guanidine groups is 1. The van der Waals surface area contributed by atoms with E-state index in [1.165, 1.54) is 22.3 Å². The smallest absolute Gasteiger partial charge is 0.191 e. The molecule has 0 aliphatic rings. The van der Waals surface area contributed by atoms with Crippen LogP contribution in [-0.4, -0.2) is 33.3 Å². The lowest BCUT2D eigenvalue weighted by Gasteiger charge is -2.12. The van der Waals surface area contributed by atoms with Gasteiger partial charge in [-0.25, -0.2) is 0 Å². The minimum atomic E-state index is 0.656. The maximum Gasteiger partial charge on any atom is 0.191 e. The van der Waals surface area contributed by atoms with Gasteiger partial charge < -0.3 is 15.4 Å². The number of methoxy groups -OCH3 is 1. The second kappa shape index (κ2) is 8.96. The fourth-order valence-electron chi connectivity index (χ4n) is 2.36. The molecule has 23 heavy (non-hydrogen) atoms. The maximum absolute atomic E-state index is 5.03. The van der Waals surface area contributed by atoms with Crippen LogP contribution in [0, 0.1) is 6.92 Å². The Hall–Kier alpha value is -2.33. The predicted octanol–water partition coefficient (Wildman–Crippen LogP) is 2.97. The molecule has 4 heteroatoms. The third kappa shape index (κ3) is 5.42. The molecule has 4 nitrogen and oxygen atoms in total. The van der Waals surface area contributed by atoms with Gasteiger partial charge in [-0.05, 0) is 29.7 Å². The normalized spacial score (nSPS) is 11.3. The molecule has 2 N–H and O–H groups in total. The molecule has 122 valence electrons. The molecule has 0 amide bonds. The molecule has 0 bridgehead atoms. The highest BCUT2D eigenvalue weighted by Crippen LogP contribution is 2.21. The van der Waals surface area contributed by atoms with E-state index in [0.717, 1.165) is 19.0 Å². The summed E-state index contributed by atoms with van der Waals surface area (Å²) >= 11 is 0. The van der Waals surface area contributed by atoms with Crippen LogP contribution in [0.2, 0.25) is 0 Å². The Morgan fingerprint density at radius 1 is 1.04 bits per heavy atom. The van der Waals surface area contributed by atoms with Crippen LogP contribution in [-0.2, 0) is 11.3 Å². The zero-order valence-corrected chi connectivity index (χ0v) is 14.1. The summed E-state index contributed by atoms with van der Waals surface area (Å²) < 4.78 is 5.03. The lowest BCUT2D eigenvalue weighted by Crippen LogP contribution is -2.38. The van der Waals surface area contributed by atoms with Gasteiger partial charge in [0.05, 0.1) is 6.61 Å². The maximum atomic E-state index is 5.03. The first-order chi connectivity index (χ1) is 11.2. The second-order valence-corrected chi connectivity index (χ2v) is 5.42. The highest BCUT2D eigenvalue weighted by Gasteiger charge is 2.01. The van der Waals surface area contributed by atoms with E-state index in [2.05, 4.69) is 71.1 Å². The van der Waals surface area contributed by atoms with Crippen LogP contribution in [0.1, 0.15) is 11.1 Å². The Labute approximate surface area is 138 Å². The number of nitrogens with zero attached hydrogens (tertiary/aromatic N) is 1. The fraction of sp³-hybridized carbons (Fsp3) is 0.316. The van der Waals surface area contributed by atoms with Gasteiger partial charge in [-0.15, -0.1) is 0 Å². The van der Waals surface area contributed by atoms with E-state index in [9.17, 15) is 0 Å². The van der Waals surface area contributed by atoms with E-state index in [1.807, 2.05) is 0 Å². The summed E-state index contributed by atoms with van der Waals surface area (Å²) in [5.41, 5.74) is 4.97. The van der Waals surface area contributed by atoms with E-state index in [4.69, 9.17) is 4.74 Å². The summed E-state index contributed by atoms with van der Waals surface area (Å²) in [6.07, 6.45) is 0. The highest BCUT2D eigenvalue weighted by atomic mass is 16.5. The van der Waals surface area contributed by atoms with Gasteiger partial charge in [0, 0.05) is 27.2 Å². The standard InChI is InChI=1S/C19H25N3O/c1-15-6-4-8-17(12-15)18-9-5-7-16(13-18)14-22-19(20-2)21-10-11-23-3/h4-9,12-13H,10-11,14H2,1-3H3,(H2,20,21,22). The van der Waals surface area contributed by atoms with Gasteiger partial charge in [-0.1, -0.05) is 48.0 Å². The minimum absolute atomic E-state index is 0.656. The van der Waals surface area contributed by atoms with Crippen LogP contribution in [0.5, 0.6) is 0 Å². The number of nitrogens with one attached hydrogen (secondary N) is 2. The van der Waals surface area contributed by atoms with Gasteiger partial charge >= 0.3 is 0 Å². The van der Waals surface area contributed by atoms with Crippen LogP contribution in [0.4, 0.5) is 0 Å². The van der Waals surface area contributed by atoms with Crippen molar-refractivity contribution in [2.24, 2.45) is 4.99 Å². The first-order valence-electron chi connectivity index (χ1n) is 7.82. The second-order valence-electron chi connectivity index (χ2n) is 5.42. The molecule has 0 radical (unpaired) electrons. The summed E-state index contributed by atoms with van der Waals surface area (Å²) in [4.78, 5) is 4.21. The molecule has 2 aromatic rings. The fourth-order valence-corrected chi connectivity index (χ4v) is 2.36. The predicted molar refractivity (Wildman–Crippen MR) is 96.7 cm³/mol. The lowest BCUT2D eigenvalue weighted by atomic mass is 10.0. The summed E-state index contributed by atoms with van der Waals surface area (Å²) in [6, 6.07) is 17.1. The van der Waals surface area contributed by atoms with Crippen LogP contribution in [0.3, 0.4) is 0 Å². The number of hydrogen-bond donors (Lipinski definition) is 2. The molecule has 2 rings (SSSR count). The molecule has 0 saturated heterocycles. The molecule has 0 aliphatic carbocycles. The molecule has 0 unspecified atom stereocenters. The monoisotopic (exact) mass is 311 g/mol. The third-order valence-electron chi connectivity index (χ3n) is 3.56. The first-order valence-corrected chi connectivity index (χ1v) is 7.82.